The van der Waals surface area contributed by atoms with Crippen molar-refractivity contribution < 1.29 is 4.74 Å². The molecule has 1 aliphatic rings. The Labute approximate surface area is 201 Å². The average Bonchev–Trinajstić information content (AvgIpc) is 3.42. The second-order valence-corrected chi connectivity index (χ2v) is 9.05. The summed E-state index contributed by atoms with van der Waals surface area (Å²) in [6.45, 7) is 6.04. The second kappa shape index (κ2) is 8.38. The molecule has 1 fully saturated rings. The molecule has 8 nitrogen and oxygen atoms in total. The number of halogens is 1. The molecule has 0 aliphatic carbocycles. The number of hydrogen-bond acceptors (Lipinski definition) is 6. The molecule has 2 N–H and O–H groups in total. The minimum Gasteiger partial charge on any atom is -0.456 e. The van der Waals surface area contributed by atoms with E-state index in [1.165, 1.54) is 0 Å². The number of ether oxygens (including phenoxy) is 1. The van der Waals surface area contributed by atoms with Gasteiger partial charge in [0.1, 0.15) is 27.9 Å². The van der Waals surface area contributed by atoms with Gasteiger partial charge in [-0.15, -0.1) is 0 Å². The van der Waals surface area contributed by atoms with Crippen LogP contribution in [0.1, 0.15) is 30.4 Å². The first-order chi connectivity index (χ1) is 16.6. The van der Waals surface area contributed by atoms with E-state index in [0.29, 0.717) is 33.6 Å². The average molecular weight is 474 g/mol. The van der Waals surface area contributed by atoms with Gasteiger partial charge in [0.15, 0.2) is 0 Å². The maximum absolute atomic E-state index is 6.76. The van der Waals surface area contributed by atoms with Gasteiger partial charge in [-0.1, -0.05) is 11.6 Å². The minimum atomic E-state index is 0.406. The van der Waals surface area contributed by atoms with Gasteiger partial charge in [-0.2, -0.15) is 5.10 Å². The summed E-state index contributed by atoms with van der Waals surface area (Å²) in [5.74, 6) is 2.05. The fraction of sp³-hybridized carbons (Fsp3) is 0.280. The fourth-order valence-corrected chi connectivity index (χ4v) is 4.88. The number of fused-ring (bicyclic) bond motifs is 2. The van der Waals surface area contributed by atoms with E-state index < -0.39 is 0 Å². The molecule has 3 aromatic heterocycles. The van der Waals surface area contributed by atoms with Crippen LogP contribution >= 0.6 is 11.6 Å². The lowest BCUT2D eigenvalue weighted by molar-refractivity contribution is 0.338. The molecule has 1 aliphatic heterocycles. The Balaban J connectivity index is 1.35. The molecule has 0 spiro atoms. The molecule has 0 unspecified atom stereocenters. The van der Waals surface area contributed by atoms with E-state index in [4.69, 9.17) is 21.3 Å². The normalized spacial score (nSPS) is 14.8. The van der Waals surface area contributed by atoms with Crippen molar-refractivity contribution in [2.45, 2.75) is 32.7 Å². The molecule has 0 atom stereocenters. The highest BCUT2D eigenvalue weighted by Gasteiger charge is 2.20. The van der Waals surface area contributed by atoms with Crippen molar-refractivity contribution in [2.24, 2.45) is 0 Å². The van der Waals surface area contributed by atoms with Crippen molar-refractivity contribution in [1.29, 1.82) is 0 Å². The van der Waals surface area contributed by atoms with Crippen LogP contribution in [0.25, 0.3) is 33.3 Å². The Bertz CT molecular complexity index is 1520. The molecule has 1 saturated heterocycles. The van der Waals surface area contributed by atoms with Gasteiger partial charge < -0.3 is 15.0 Å². The number of benzene rings is 2. The van der Waals surface area contributed by atoms with Crippen molar-refractivity contribution in [3.63, 3.8) is 0 Å². The van der Waals surface area contributed by atoms with Gasteiger partial charge in [0.05, 0.1) is 40.7 Å². The second-order valence-electron chi connectivity index (χ2n) is 8.67. The molecule has 172 valence electrons. The third kappa shape index (κ3) is 3.69. The summed E-state index contributed by atoms with van der Waals surface area (Å²) in [6.07, 6.45) is 5.80. The third-order valence-corrected chi connectivity index (χ3v) is 6.76. The molecule has 5 aromatic rings. The Kier molecular flexibility index (Phi) is 5.19. The molecule has 34 heavy (non-hydrogen) atoms. The van der Waals surface area contributed by atoms with E-state index in [-0.39, 0.29) is 0 Å². The summed E-state index contributed by atoms with van der Waals surface area (Å²) < 4.78 is 8.24. The van der Waals surface area contributed by atoms with Crippen LogP contribution in [0, 0.1) is 13.8 Å². The van der Waals surface area contributed by atoms with Gasteiger partial charge in [0.25, 0.3) is 0 Å². The van der Waals surface area contributed by atoms with Crippen molar-refractivity contribution in [3.8, 4) is 22.8 Å². The first-order valence-corrected chi connectivity index (χ1v) is 11.8. The number of piperidine rings is 1. The first kappa shape index (κ1) is 21.1. The fourth-order valence-electron chi connectivity index (χ4n) is 4.64. The van der Waals surface area contributed by atoms with Crippen molar-refractivity contribution >= 4 is 33.7 Å². The molecule has 0 radical (unpaired) electrons. The van der Waals surface area contributed by atoms with E-state index in [1.54, 1.807) is 6.20 Å². The number of aromatic nitrogens is 6. The Morgan fingerprint density at radius 2 is 1.85 bits per heavy atom. The summed E-state index contributed by atoms with van der Waals surface area (Å²) in [5, 5.41) is 8.51. The molecule has 4 heterocycles. The smallest absolute Gasteiger partial charge is 0.148 e. The van der Waals surface area contributed by atoms with Crippen LogP contribution in [-0.4, -0.2) is 42.8 Å². The zero-order chi connectivity index (χ0) is 23.2. The highest BCUT2D eigenvalue weighted by molar-refractivity contribution is 6.36. The zero-order valence-electron chi connectivity index (χ0n) is 19.0. The first-order valence-electron chi connectivity index (χ1n) is 11.4. The maximum atomic E-state index is 6.76. The minimum absolute atomic E-state index is 0.406. The van der Waals surface area contributed by atoms with Gasteiger partial charge in [-0.05, 0) is 64.0 Å². The van der Waals surface area contributed by atoms with E-state index >= 15 is 0 Å². The lowest BCUT2D eigenvalue weighted by Crippen LogP contribution is -2.30. The highest BCUT2D eigenvalue weighted by atomic mass is 35.5. The van der Waals surface area contributed by atoms with Crippen molar-refractivity contribution in [1.82, 2.24) is 35.0 Å². The number of imidazole rings is 1. The zero-order valence-corrected chi connectivity index (χ0v) is 19.7. The number of H-pyrrole nitrogens is 1. The number of aryl methyl sites for hydroxylation is 1. The summed E-state index contributed by atoms with van der Waals surface area (Å²) in [7, 11) is 0. The molecule has 6 rings (SSSR count). The third-order valence-electron chi connectivity index (χ3n) is 6.39. The van der Waals surface area contributed by atoms with E-state index in [1.807, 2.05) is 43.5 Å². The predicted octanol–water partition coefficient (Wildman–Crippen LogP) is 5.36. The summed E-state index contributed by atoms with van der Waals surface area (Å²) in [5.41, 5.74) is 5.93. The SMILES string of the molecule is Cc1nc2ccc(Oc3ccc4ncc(-c5cnn(C6CCNCC6)c5C)nc4c3Cl)cc2[nH]1. The summed E-state index contributed by atoms with van der Waals surface area (Å²) in [4.78, 5) is 17.1. The van der Waals surface area contributed by atoms with Crippen LogP contribution in [0.2, 0.25) is 5.02 Å². The molecular weight excluding hydrogens is 450 g/mol. The Hall–Kier alpha value is -3.49. The molecule has 9 heteroatoms. The van der Waals surface area contributed by atoms with Crippen molar-refractivity contribution in [2.75, 3.05) is 13.1 Å². The van der Waals surface area contributed by atoms with Gasteiger partial charge in [0.2, 0.25) is 0 Å². The Morgan fingerprint density at radius 3 is 2.71 bits per heavy atom. The Morgan fingerprint density at radius 1 is 1.03 bits per heavy atom. The van der Waals surface area contributed by atoms with Crippen LogP contribution in [0.5, 0.6) is 11.5 Å². The lowest BCUT2D eigenvalue weighted by atomic mass is 10.1. The van der Waals surface area contributed by atoms with E-state index in [0.717, 1.165) is 59.7 Å². The van der Waals surface area contributed by atoms with E-state index in [9.17, 15) is 0 Å². The van der Waals surface area contributed by atoms with Gasteiger partial charge >= 0.3 is 0 Å². The highest BCUT2D eigenvalue weighted by Crippen LogP contribution is 2.36. The van der Waals surface area contributed by atoms with Crippen LogP contribution in [-0.2, 0) is 0 Å². The van der Waals surface area contributed by atoms with Crippen LogP contribution < -0.4 is 10.1 Å². The number of rotatable bonds is 4. The monoisotopic (exact) mass is 473 g/mol. The molecular formula is C25H24ClN7O. The number of nitrogens with one attached hydrogen (secondary N) is 2. The summed E-state index contributed by atoms with van der Waals surface area (Å²) in [6, 6.07) is 9.81. The van der Waals surface area contributed by atoms with Gasteiger partial charge in [-0.3, -0.25) is 9.67 Å². The van der Waals surface area contributed by atoms with Gasteiger partial charge in [-0.25, -0.2) is 9.97 Å². The number of aromatic amines is 1. The number of nitrogens with zero attached hydrogens (tertiary/aromatic N) is 5. The van der Waals surface area contributed by atoms with Gasteiger partial charge in [0, 0.05) is 17.3 Å². The van der Waals surface area contributed by atoms with Crippen LogP contribution in [0.3, 0.4) is 0 Å². The van der Waals surface area contributed by atoms with Crippen LogP contribution in [0.4, 0.5) is 0 Å². The quantitative estimate of drug-likeness (QED) is 0.365. The molecule has 2 aromatic carbocycles. The summed E-state index contributed by atoms with van der Waals surface area (Å²) >= 11 is 6.76. The molecule has 0 bridgehead atoms. The standard InChI is InChI=1S/C25H24ClN7O/c1-14-18(12-29-33(14)16-7-9-27-10-8-16)22-13-28-20-5-6-23(24(26)25(20)32-22)34-17-3-4-19-21(11-17)31-15(2)30-19/h3-6,11-13,16,27H,7-10H2,1-2H3,(H,30,31). The predicted molar refractivity (Wildman–Crippen MR) is 133 cm³/mol. The van der Waals surface area contributed by atoms with Crippen LogP contribution in [0.15, 0.2) is 42.7 Å². The van der Waals surface area contributed by atoms with Crippen molar-refractivity contribution in [3.05, 3.63) is 59.3 Å². The largest absolute Gasteiger partial charge is 0.456 e. The maximum Gasteiger partial charge on any atom is 0.148 e. The number of hydrogen-bond donors (Lipinski definition) is 2. The molecule has 0 amide bonds. The topological polar surface area (TPSA) is 93.5 Å². The molecule has 0 saturated carbocycles. The van der Waals surface area contributed by atoms with E-state index in [2.05, 4.69) is 37.0 Å². The lowest BCUT2D eigenvalue weighted by Gasteiger charge is -2.24.